The molecule has 0 saturated heterocycles. The number of aryl methyl sites for hydroxylation is 3. The summed E-state index contributed by atoms with van der Waals surface area (Å²) in [5, 5.41) is 5.17. The van der Waals surface area contributed by atoms with Crippen LogP contribution in [0, 0.1) is 19.7 Å². The first-order chi connectivity index (χ1) is 14.9. The summed E-state index contributed by atoms with van der Waals surface area (Å²) in [5.41, 5.74) is 3.82. The molecule has 0 saturated carbocycles. The predicted octanol–water partition coefficient (Wildman–Crippen LogP) is 3.73. The molecule has 0 atom stereocenters. The Morgan fingerprint density at radius 3 is 2.65 bits per heavy atom. The van der Waals surface area contributed by atoms with Gasteiger partial charge in [0, 0.05) is 24.6 Å². The standard InChI is InChI=1S/C23H22FN5O2/c1-15-12-16(2)26-22-21(15)23(27-28(22)3)31-14-20(30)29(13-18-6-4-5-11-25-18)19-9-7-17(24)8-10-19/h4-12H,13-14H2,1-3H3. The minimum atomic E-state index is -0.372. The number of hydrogen-bond donors (Lipinski definition) is 0. The molecule has 1 amide bonds. The van der Waals surface area contributed by atoms with Crippen molar-refractivity contribution in [3.8, 4) is 5.88 Å². The Labute approximate surface area is 179 Å². The van der Waals surface area contributed by atoms with Gasteiger partial charge >= 0.3 is 0 Å². The number of benzene rings is 1. The zero-order valence-electron chi connectivity index (χ0n) is 17.5. The van der Waals surface area contributed by atoms with Crippen LogP contribution < -0.4 is 9.64 Å². The van der Waals surface area contributed by atoms with Crippen LogP contribution in [0.25, 0.3) is 11.0 Å². The Morgan fingerprint density at radius 2 is 1.94 bits per heavy atom. The molecule has 4 rings (SSSR count). The second-order valence-corrected chi connectivity index (χ2v) is 7.27. The monoisotopic (exact) mass is 419 g/mol. The van der Waals surface area contributed by atoms with Crippen molar-refractivity contribution >= 4 is 22.6 Å². The topological polar surface area (TPSA) is 73.1 Å². The Kier molecular flexibility index (Phi) is 5.62. The molecule has 0 N–H and O–H groups in total. The summed E-state index contributed by atoms with van der Waals surface area (Å²) < 4.78 is 20.9. The first-order valence-electron chi connectivity index (χ1n) is 9.82. The number of pyridine rings is 2. The number of aromatic nitrogens is 4. The molecule has 31 heavy (non-hydrogen) atoms. The van der Waals surface area contributed by atoms with Crippen molar-refractivity contribution in [3.05, 3.63) is 77.5 Å². The van der Waals surface area contributed by atoms with Crippen LogP contribution in [0.3, 0.4) is 0 Å². The predicted molar refractivity (Wildman–Crippen MR) is 115 cm³/mol. The molecular weight excluding hydrogens is 397 g/mol. The molecule has 4 aromatic rings. The quantitative estimate of drug-likeness (QED) is 0.476. The number of amides is 1. The van der Waals surface area contributed by atoms with E-state index in [0.29, 0.717) is 22.9 Å². The summed E-state index contributed by atoms with van der Waals surface area (Å²) in [4.78, 5) is 23.4. The fraction of sp³-hybridized carbons (Fsp3) is 0.217. The number of ether oxygens (including phenoxy) is 1. The van der Waals surface area contributed by atoms with Gasteiger partial charge in [-0.2, -0.15) is 0 Å². The van der Waals surface area contributed by atoms with E-state index in [2.05, 4.69) is 15.1 Å². The fourth-order valence-corrected chi connectivity index (χ4v) is 3.46. The SMILES string of the molecule is Cc1cc(C)c2c(OCC(=O)N(Cc3ccccn3)c3ccc(F)cc3)nn(C)c2n1. The summed E-state index contributed by atoms with van der Waals surface area (Å²) in [6, 6.07) is 13.2. The average Bonchev–Trinajstić information content (AvgIpc) is 3.07. The van der Waals surface area contributed by atoms with Crippen molar-refractivity contribution in [1.82, 2.24) is 19.7 Å². The fourth-order valence-electron chi connectivity index (χ4n) is 3.46. The molecule has 0 bridgehead atoms. The lowest BCUT2D eigenvalue weighted by Gasteiger charge is -2.22. The molecule has 0 unspecified atom stereocenters. The Hall–Kier alpha value is -3.81. The third kappa shape index (κ3) is 4.37. The van der Waals surface area contributed by atoms with Crippen LogP contribution in [0.15, 0.2) is 54.7 Å². The number of carbonyl (C=O) groups is 1. The number of nitrogens with zero attached hydrogens (tertiary/aromatic N) is 5. The largest absolute Gasteiger partial charge is 0.466 e. The summed E-state index contributed by atoms with van der Waals surface area (Å²) in [5.74, 6) is -0.315. The number of hydrogen-bond acceptors (Lipinski definition) is 5. The summed E-state index contributed by atoms with van der Waals surface area (Å²) in [6.07, 6.45) is 1.66. The van der Waals surface area contributed by atoms with Crippen LogP contribution in [0.5, 0.6) is 5.88 Å². The molecule has 7 nitrogen and oxygen atoms in total. The van der Waals surface area contributed by atoms with E-state index in [-0.39, 0.29) is 24.9 Å². The van der Waals surface area contributed by atoms with Gasteiger partial charge in [0.25, 0.3) is 5.91 Å². The molecule has 8 heteroatoms. The normalized spacial score (nSPS) is 11.0. The van der Waals surface area contributed by atoms with E-state index in [4.69, 9.17) is 4.74 Å². The molecule has 0 fully saturated rings. The zero-order valence-corrected chi connectivity index (χ0v) is 17.5. The Morgan fingerprint density at radius 1 is 1.16 bits per heavy atom. The lowest BCUT2D eigenvalue weighted by Crippen LogP contribution is -2.34. The van der Waals surface area contributed by atoms with Gasteiger partial charge < -0.3 is 9.64 Å². The maximum atomic E-state index is 13.4. The molecule has 0 aliphatic rings. The second kappa shape index (κ2) is 8.51. The van der Waals surface area contributed by atoms with E-state index in [9.17, 15) is 9.18 Å². The number of fused-ring (bicyclic) bond motifs is 1. The van der Waals surface area contributed by atoms with Gasteiger partial charge in [-0.1, -0.05) is 6.07 Å². The number of halogens is 1. The van der Waals surface area contributed by atoms with E-state index in [1.54, 1.807) is 36.1 Å². The van der Waals surface area contributed by atoms with Crippen LogP contribution in [0.1, 0.15) is 17.0 Å². The molecule has 1 aromatic carbocycles. The van der Waals surface area contributed by atoms with Crippen LogP contribution in [-0.2, 0) is 18.4 Å². The summed E-state index contributed by atoms with van der Waals surface area (Å²) in [6.45, 7) is 3.88. The van der Waals surface area contributed by atoms with E-state index >= 15 is 0 Å². The van der Waals surface area contributed by atoms with Gasteiger partial charge in [-0.25, -0.2) is 14.1 Å². The van der Waals surface area contributed by atoms with E-state index in [1.807, 2.05) is 32.0 Å². The molecule has 158 valence electrons. The highest BCUT2D eigenvalue weighted by Gasteiger charge is 2.20. The lowest BCUT2D eigenvalue weighted by atomic mass is 10.2. The average molecular weight is 419 g/mol. The Bertz CT molecular complexity index is 1220. The molecule has 0 aliphatic carbocycles. The van der Waals surface area contributed by atoms with Gasteiger partial charge in [-0.15, -0.1) is 5.10 Å². The molecule has 3 aromatic heterocycles. The maximum absolute atomic E-state index is 13.4. The van der Waals surface area contributed by atoms with Crippen LogP contribution >= 0.6 is 0 Å². The molecule has 3 heterocycles. The van der Waals surface area contributed by atoms with Gasteiger partial charge in [0.05, 0.1) is 17.6 Å². The lowest BCUT2D eigenvalue weighted by molar-refractivity contribution is -0.120. The van der Waals surface area contributed by atoms with E-state index < -0.39 is 0 Å². The highest BCUT2D eigenvalue weighted by Crippen LogP contribution is 2.27. The highest BCUT2D eigenvalue weighted by molar-refractivity contribution is 5.94. The third-order valence-corrected chi connectivity index (χ3v) is 4.90. The van der Waals surface area contributed by atoms with Gasteiger partial charge in [-0.3, -0.25) is 9.78 Å². The zero-order chi connectivity index (χ0) is 22.0. The number of rotatable bonds is 6. The first-order valence-corrected chi connectivity index (χ1v) is 9.82. The van der Waals surface area contributed by atoms with Crippen LogP contribution in [0.4, 0.5) is 10.1 Å². The van der Waals surface area contributed by atoms with Crippen molar-refractivity contribution in [2.75, 3.05) is 11.5 Å². The third-order valence-electron chi connectivity index (χ3n) is 4.90. The minimum absolute atomic E-state index is 0.233. The maximum Gasteiger partial charge on any atom is 0.265 e. The molecule has 0 radical (unpaired) electrons. The smallest absolute Gasteiger partial charge is 0.265 e. The first kappa shape index (κ1) is 20.5. The number of carbonyl (C=O) groups excluding carboxylic acids is 1. The molecule has 0 aliphatic heterocycles. The Balaban J connectivity index is 1.59. The van der Waals surface area contributed by atoms with Crippen LogP contribution in [0.2, 0.25) is 0 Å². The molecular formula is C23H22FN5O2. The highest BCUT2D eigenvalue weighted by atomic mass is 19.1. The van der Waals surface area contributed by atoms with Gasteiger partial charge in [0.1, 0.15) is 5.82 Å². The summed E-state index contributed by atoms with van der Waals surface area (Å²) >= 11 is 0. The van der Waals surface area contributed by atoms with Gasteiger partial charge in [0.15, 0.2) is 12.3 Å². The summed E-state index contributed by atoms with van der Waals surface area (Å²) in [7, 11) is 1.79. The van der Waals surface area contributed by atoms with Crippen molar-refractivity contribution in [2.24, 2.45) is 7.05 Å². The van der Waals surface area contributed by atoms with E-state index in [0.717, 1.165) is 16.6 Å². The van der Waals surface area contributed by atoms with Crippen molar-refractivity contribution in [1.29, 1.82) is 0 Å². The minimum Gasteiger partial charge on any atom is -0.466 e. The van der Waals surface area contributed by atoms with Gasteiger partial charge in [0.2, 0.25) is 5.88 Å². The second-order valence-electron chi connectivity index (χ2n) is 7.27. The van der Waals surface area contributed by atoms with E-state index in [1.165, 1.54) is 17.0 Å². The van der Waals surface area contributed by atoms with Crippen molar-refractivity contribution in [2.45, 2.75) is 20.4 Å². The van der Waals surface area contributed by atoms with Gasteiger partial charge in [-0.05, 0) is 61.9 Å². The van der Waals surface area contributed by atoms with Crippen molar-refractivity contribution in [3.63, 3.8) is 0 Å². The van der Waals surface area contributed by atoms with Crippen LogP contribution in [-0.4, -0.2) is 32.3 Å². The van der Waals surface area contributed by atoms with Crippen molar-refractivity contribution < 1.29 is 13.9 Å². The number of anilines is 1. The molecule has 0 spiro atoms.